The lowest BCUT2D eigenvalue weighted by Gasteiger charge is -2.15. The quantitative estimate of drug-likeness (QED) is 0.574. The molecule has 4 rings (SSSR count). The van der Waals surface area contributed by atoms with Crippen LogP contribution >= 0.6 is 23.2 Å². The van der Waals surface area contributed by atoms with E-state index in [9.17, 15) is 4.79 Å². The van der Waals surface area contributed by atoms with Gasteiger partial charge in [-0.2, -0.15) is 0 Å². The van der Waals surface area contributed by atoms with Crippen LogP contribution < -0.4 is 4.74 Å². The fraction of sp³-hybridized carbons (Fsp3) is 0.364. The Morgan fingerprint density at radius 1 is 1.24 bits per heavy atom. The molecule has 2 heterocycles. The zero-order valence-corrected chi connectivity index (χ0v) is 18.0. The Morgan fingerprint density at radius 2 is 2.07 bits per heavy atom. The molecule has 29 heavy (non-hydrogen) atoms. The number of fused-ring (bicyclic) bond motifs is 1. The van der Waals surface area contributed by atoms with Crippen molar-refractivity contribution in [2.45, 2.75) is 26.8 Å². The molecule has 1 saturated heterocycles. The van der Waals surface area contributed by atoms with Gasteiger partial charge in [-0.3, -0.25) is 4.79 Å². The summed E-state index contributed by atoms with van der Waals surface area (Å²) < 4.78 is 8.18. The fourth-order valence-corrected chi connectivity index (χ4v) is 4.19. The number of aromatic nitrogens is 2. The number of hydrogen-bond donors (Lipinski definition) is 0. The van der Waals surface area contributed by atoms with Crippen LogP contribution in [-0.2, 0) is 11.3 Å². The van der Waals surface area contributed by atoms with E-state index in [1.165, 1.54) is 0 Å². The number of likely N-dealkylation sites (tertiary alicyclic amines) is 1. The molecule has 0 saturated carbocycles. The predicted octanol–water partition coefficient (Wildman–Crippen LogP) is 4.95. The van der Waals surface area contributed by atoms with Gasteiger partial charge in [0.15, 0.2) is 0 Å². The molecule has 1 atom stereocenters. The smallest absolute Gasteiger partial charge is 0.219 e. The number of ether oxygens (including phenoxy) is 1. The van der Waals surface area contributed by atoms with E-state index in [4.69, 9.17) is 27.9 Å². The third-order valence-corrected chi connectivity index (χ3v) is 6.07. The molecule has 0 bridgehead atoms. The summed E-state index contributed by atoms with van der Waals surface area (Å²) in [6.45, 7) is 6.36. The molecule has 0 aliphatic carbocycles. The van der Waals surface area contributed by atoms with Gasteiger partial charge in [0.1, 0.15) is 11.6 Å². The van der Waals surface area contributed by atoms with Crippen LogP contribution in [0.3, 0.4) is 0 Å². The van der Waals surface area contributed by atoms with Crippen molar-refractivity contribution in [3.05, 3.63) is 57.8 Å². The van der Waals surface area contributed by atoms with Gasteiger partial charge in [-0.25, -0.2) is 4.98 Å². The number of imidazole rings is 1. The van der Waals surface area contributed by atoms with E-state index in [0.29, 0.717) is 29.1 Å². The number of aryl methyl sites for hydroxylation is 1. The molecular formula is C22H23Cl2N3O2. The highest BCUT2D eigenvalue weighted by Crippen LogP contribution is 2.27. The van der Waals surface area contributed by atoms with E-state index in [1.807, 2.05) is 42.2 Å². The maximum atomic E-state index is 11.5. The van der Waals surface area contributed by atoms with Crippen LogP contribution in [0, 0.1) is 12.8 Å². The van der Waals surface area contributed by atoms with Crippen LogP contribution in [0.5, 0.6) is 5.75 Å². The average Bonchev–Trinajstić information content (AvgIpc) is 3.28. The SMILES string of the molecule is CC(=O)N1CCC(COc2ccc3nc(C)n(Cc4cc(Cl)ccc4Cl)c3c2)C1. The van der Waals surface area contributed by atoms with Crippen molar-refractivity contribution in [2.75, 3.05) is 19.7 Å². The summed E-state index contributed by atoms with van der Waals surface area (Å²) in [6.07, 6.45) is 0.978. The fourth-order valence-electron chi connectivity index (χ4n) is 3.82. The molecule has 152 valence electrons. The number of carbonyl (C=O) groups is 1. The van der Waals surface area contributed by atoms with Crippen molar-refractivity contribution in [1.29, 1.82) is 0 Å². The van der Waals surface area contributed by atoms with Gasteiger partial charge >= 0.3 is 0 Å². The molecule has 1 aliphatic rings. The topological polar surface area (TPSA) is 47.4 Å². The summed E-state index contributed by atoms with van der Waals surface area (Å²) in [4.78, 5) is 18.0. The maximum Gasteiger partial charge on any atom is 0.219 e. The molecule has 0 spiro atoms. The van der Waals surface area contributed by atoms with Crippen molar-refractivity contribution >= 4 is 40.1 Å². The molecule has 1 unspecified atom stereocenters. The first-order chi connectivity index (χ1) is 13.9. The number of nitrogens with zero attached hydrogens (tertiary/aromatic N) is 3. The van der Waals surface area contributed by atoms with E-state index in [-0.39, 0.29) is 5.91 Å². The molecule has 3 aromatic rings. The van der Waals surface area contributed by atoms with E-state index >= 15 is 0 Å². The minimum atomic E-state index is 0.132. The Hall–Kier alpha value is -2.24. The Labute approximate surface area is 180 Å². The van der Waals surface area contributed by atoms with Crippen molar-refractivity contribution in [3.63, 3.8) is 0 Å². The Morgan fingerprint density at radius 3 is 2.83 bits per heavy atom. The van der Waals surface area contributed by atoms with Gasteiger partial charge in [0, 0.05) is 42.0 Å². The van der Waals surface area contributed by atoms with Gasteiger partial charge in [0.25, 0.3) is 0 Å². The Kier molecular flexibility index (Phi) is 5.70. The van der Waals surface area contributed by atoms with Gasteiger partial charge in [-0.05, 0) is 49.2 Å². The lowest BCUT2D eigenvalue weighted by Crippen LogP contribution is -2.26. The molecule has 1 amide bonds. The largest absolute Gasteiger partial charge is 0.493 e. The van der Waals surface area contributed by atoms with Crippen molar-refractivity contribution in [2.24, 2.45) is 5.92 Å². The van der Waals surface area contributed by atoms with Crippen LogP contribution in [0.15, 0.2) is 36.4 Å². The number of carbonyl (C=O) groups excluding carboxylic acids is 1. The highest BCUT2D eigenvalue weighted by atomic mass is 35.5. The molecule has 2 aromatic carbocycles. The second kappa shape index (κ2) is 8.25. The second-order valence-electron chi connectivity index (χ2n) is 7.56. The van der Waals surface area contributed by atoms with Crippen molar-refractivity contribution in [3.8, 4) is 5.75 Å². The van der Waals surface area contributed by atoms with Crippen molar-refractivity contribution in [1.82, 2.24) is 14.5 Å². The predicted molar refractivity (Wildman–Crippen MR) is 116 cm³/mol. The van der Waals surface area contributed by atoms with Gasteiger partial charge < -0.3 is 14.2 Å². The standard InChI is InChI=1S/C22H23Cl2N3O2/c1-14-25-21-6-4-19(29-13-16-7-8-26(11-16)15(2)28)10-22(21)27(14)12-17-9-18(23)3-5-20(17)24/h3-6,9-10,16H,7-8,11-13H2,1-2H3. The summed E-state index contributed by atoms with van der Waals surface area (Å²) in [5, 5.41) is 1.34. The van der Waals surface area contributed by atoms with Gasteiger partial charge in [-0.1, -0.05) is 23.2 Å². The zero-order valence-electron chi connectivity index (χ0n) is 16.5. The van der Waals surface area contributed by atoms with Crippen LogP contribution in [0.1, 0.15) is 24.7 Å². The first-order valence-electron chi connectivity index (χ1n) is 9.70. The number of amides is 1. The first-order valence-corrected chi connectivity index (χ1v) is 10.5. The number of rotatable bonds is 5. The third-order valence-electron chi connectivity index (χ3n) is 5.46. The molecule has 0 N–H and O–H groups in total. The summed E-state index contributed by atoms with van der Waals surface area (Å²) in [7, 11) is 0. The number of hydrogen-bond acceptors (Lipinski definition) is 3. The third kappa shape index (κ3) is 4.36. The molecule has 7 heteroatoms. The molecule has 1 aromatic heterocycles. The molecular weight excluding hydrogens is 409 g/mol. The summed E-state index contributed by atoms with van der Waals surface area (Å²) >= 11 is 12.5. The van der Waals surface area contributed by atoms with E-state index in [0.717, 1.165) is 47.7 Å². The highest BCUT2D eigenvalue weighted by molar-refractivity contribution is 6.33. The summed E-state index contributed by atoms with van der Waals surface area (Å²) in [5.74, 6) is 2.21. The number of halogens is 2. The lowest BCUT2D eigenvalue weighted by atomic mass is 10.1. The van der Waals surface area contributed by atoms with Gasteiger partial charge in [0.2, 0.25) is 5.91 Å². The summed E-state index contributed by atoms with van der Waals surface area (Å²) in [6, 6.07) is 11.4. The molecule has 1 aliphatic heterocycles. The molecule has 0 radical (unpaired) electrons. The molecule has 5 nitrogen and oxygen atoms in total. The zero-order chi connectivity index (χ0) is 20.5. The van der Waals surface area contributed by atoms with Crippen LogP contribution in [0.25, 0.3) is 11.0 Å². The highest BCUT2D eigenvalue weighted by Gasteiger charge is 2.24. The lowest BCUT2D eigenvalue weighted by molar-refractivity contribution is -0.127. The number of benzene rings is 2. The van der Waals surface area contributed by atoms with Crippen LogP contribution in [0.2, 0.25) is 10.0 Å². The van der Waals surface area contributed by atoms with Gasteiger partial charge in [0.05, 0.1) is 24.2 Å². The van der Waals surface area contributed by atoms with E-state index in [2.05, 4.69) is 9.55 Å². The van der Waals surface area contributed by atoms with E-state index < -0.39 is 0 Å². The minimum Gasteiger partial charge on any atom is -0.493 e. The van der Waals surface area contributed by atoms with Gasteiger partial charge in [-0.15, -0.1) is 0 Å². The molecule has 1 fully saturated rings. The minimum absolute atomic E-state index is 0.132. The van der Waals surface area contributed by atoms with E-state index in [1.54, 1.807) is 13.0 Å². The monoisotopic (exact) mass is 431 g/mol. The first kappa shape index (κ1) is 20.0. The Bertz CT molecular complexity index is 1060. The average molecular weight is 432 g/mol. The van der Waals surface area contributed by atoms with Crippen molar-refractivity contribution < 1.29 is 9.53 Å². The summed E-state index contributed by atoms with van der Waals surface area (Å²) in [5.41, 5.74) is 2.85. The Balaban J connectivity index is 1.53. The van der Waals surface area contributed by atoms with Crippen LogP contribution in [0.4, 0.5) is 0 Å². The van der Waals surface area contributed by atoms with Crippen LogP contribution in [-0.4, -0.2) is 40.1 Å². The maximum absolute atomic E-state index is 11.5. The second-order valence-corrected chi connectivity index (χ2v) is 8.41. The normalized spacial score (nSPS) is 16.6.